The quantitative estimate of drug-likeness (QED) is 0.870. The normalized spacial score (nSPS) is 12.7. The van der Waals surface area contributed by atoms with Crippen molar-refractivity contribution in [2.24, 2.45) is 0 Å². The molecule has 128 valence electrons. The number of anilines is 1. The molecule has 0 saturated carbocycles. The molecule has 2 aromatic rings. The SMILES string of the molecule is CC(C(=O)O)N(c1ccc(F)cc1F)S(=O)(=O)c1ccc(Cl)cc1. The van der Waals surface area contributed by atoms with E-state index >= 15 is 0 Å². The Bertz CT molecular complexity index is 872. The summed E-state index contributed by atoms with van der Waals surface area (Å²) in [5.74, 6) is -3.60. The molecule has 0 bridgehead atoms. The largest absolute Gasteiger partial charge is 0.480 e. The number of carboxylic acids is 1. The summed E-state index contributed by atoms with van der Waals surface area (Å²) in [6.45, 7) is 1.08. The van der Waals surface area contributed by atoms with Gasteiger partial charge in [0.05, 0.1) is 10.6 Å². The number of halogens is 3. The third-order valence-corrected chi connectivity index (χ3v) is 5.38. The van der Waals surface area contributed by atoms with Gasteiger partial charge < -0.3 is 5.11 Å². The number of aliphatic carboxylic acids is 1. The summed E-state index contributed by atoms with van der Waals surface area (Å²) in [6, 6.07) is 5.52. The molecule has 9 heteroatoms. The lowest BCUT2D eigenvalue weighted by Crippen LogP contribution is -2.43. The van der Waals surface area contributed by atoms with E-state index < -0.39 is 39.4 Å². The molecule has 2 rings (SSSR count). The summed E-state index contributed by atoms with van der Waals surface area (Å²) in [4.78, 5) is 11.0. The average molecular weight is 376 g/mol. The zero-order valence-electron chi connectivity index (χ0n) is 12.3. The molecule has 1 unspecified atom stereocenters. The zero-order valence-corrected chi connectivity index (χ0v) is 13.9. The average Bonchev–Trinajstić information content (AvgIpc) is 2.49. The fraction of sp³-hybridized carbons (Fsp3) is 0.133. The fourth-order valence-corrected chi connectivity index (χ4v) is 3.77. The molecule has 0 aliphatic rings. The first-order valence-electron chi connectivity index (χ1n) is 6.62. The van der Waals surface area contributed by atoms with Gasteiger partial charge in [-0.05, 0) is 43.3 Å². The second kappa shape index (κ2) is 6.74. The maximum atomic E-state index is 14.1. The van der Waals surface area contributed by atoms with Crippen LogP contribution in [-0.2, 0) is 14.8 Å². The highest BCUT2D eigenvalue weighted by atomic mass is 35.5. The molecule has 0 radical (unpaired) electrons. The number of carbonyl (C=O) groups is 1. The van der Waals surface area contributed by atoms with E-state index in [2.05, 4.69) is 0 Å². The van der Waals surface area contributed by atoms with E-state index in [4.69, 9.17) is 11.6 Å². The number of benzene rings is 2. The first kappa shape index (κ1) is 18.2. The van der Waals surface area contributed by atoms with Crippen LogP contribution in [0.1, 0.15) is 6.92 Å². The molecule has 0 spiro atoms. The Morgan fingerprint density at radius 1 is 1.17 bits per heavy atom. The summed E-state index contributed by atoms with van der Waals surface area (Å²) >= 11 is 5.71. The Morgan fingerprint density at radius 3 is 2.25 bits per heavy atom. The van der Waals surface area contributed by atoms with Gasteiger partial charge in [0.25, 0.3) is 10.0 Å². The summed E-state index contributed by atoms with van der Waals surface area (Å²) in [7, 11) is -4.42. The number of hydrogen-bond donors (Lipinski definition) is 1. The van der Waals surface area contributed by atoms with Crippen molar-refractivity contribution >= 4 is 33.3 Å². The molecule has 24 heavy (non-hydrogen) atoms. The zero-order chi connectivity index (χ0) is 18.1. The minimum absolute atomic E-state index is 0.274. The van der Waals surface area contributed by atoms with Crippen LogP contribution in [0, 0.1) is 11.6 Å². The van der Waals surface area contributed by atoms with Crippen LogP contribution in [0.15, 0.2) is 47.4 Å². The summed E-state index contributed by atoms with van der Waals surface area (Å²) in [5.41, 5.74) is -0.568. The van der Waals surface area contributed by atoms with Gasteiger partial charge in [-0.1, -0.05) is 11.6 Å². The van der Waals surface area contributed by atoms with E-state index in [9.17, 15) is 27.1 Å². The number of rotatable bonds is 5. The molecular weight excluding hydrogens is 364 g/mol. The smallest absolute Gasteiger partial charge is 0.327 e. The highest BCUT2D eigenvalue weighted by molar-refractivity contribution is 7.92. The summed E-state index contributed by atoms with van der Waals surface area (Å²) < 4.78 is 53.1. The second-order valence-electron chi connectivity index (χ2n) is 4.86. The van der Waals surface area contributed by atoms with E-state index in [1.54, 1.807) is 0 Å². The highest BCUT2D eigenvalue weighted by Gasteiger charge is 2.35. The van der Waals surface area contributed by atoms with E-state index in [0.29, 0.717) is 10.4 Å². The van der Waals surface area contributed by atoms with Gasteiger partial charge in [-0.2, -0.15) is 0 Å². The van der Waals surface area contributed by atoms with Gasteiger partial charge >= 0.3 is 5.97 Å². The molecule has 0 saturated heterocycles. The van der Waals surface area contributed by atoms with Crippen LogP contribution >= 0.6 is 11.6 Å². The van der Waals surface area contributed by atoms with Crippen molar-refractivity contribution in [3.8, 4) is 0 Å². The Morgan fingerprint density at radius 2 is 1.75 bits per heavy atom. The third-order valence-electron chi connectivity index (χ3n) is 3.23. The topological polar surface area (TPSA) is 74.7 Å². The molecular formula is C15H12ClF2NO4S. The van der Waals surface area contributed by atoms with Crippen LogP contribution in [-0.4, -0.2) is 25.5 Å². The molecule has 0 fully saturated rings. The predicted molar refractivity (Wildman–Crippen MR) is 84.6 cm³/mol. The van der Waals surface area contributed by atoms with Crippen LogP contribution in [0.25, 0.3) is 0 Å². The van der Waals surface area contributed by atoms with E-state index in [1.807, 2.05) is 0 Å². The van der Waals surface area contributed by atoms with E-state index in [0.717, 1.165) is 19.1 Å². The molecule has 0 amide bonds. The van der Waals surface area contributed by atoms with Gasteiger partial charge in [0.2, 0.25) is 0 Å². The monoisotopic (exact) mass is 375 g/mol. The van der Waals surface area contributed by atoms with Crippen molar-refractivity contribution in [2.75, 3.05) is 4.31 Å². The maximum absolute atomic E-state index is 14.1. The lowest BCUT2D eigenvalue weighted by molar-refractivity contribution is -0.137. The number of hydrogen-bond acceptors (Lipinski definition) is 3. The summed E-state index contributed by atoms with van der Waals surface area (Å²) in [5, 5.41) is 9.47. The molecule has 0 aliphatic heterocycles. The van der Waals surface area contributed by atoms with Crippen molar-refractivity contribution in [3.05, 3.63) is 59.1 Å². The Hall–Kier alpha value is -2.19. The van der Waals surface area contributed by atoms with Crippen LogP contribution < -0.4 is 4.31 Å². The summed E-state index contributed by atoms with van der Waals surface area (Å²) in [6.07, 6.45) is 0. The minimum atomic E-state index is -4.42. The van der Waals surface area contributed by atoms with Gasteiger partial charge in [0.1, 0.15) is 17.7 Å². The first-order valence-corrected chi connectivity index (χ1v) is 8.44. The molecule has 0 aromatic heterocycles. The van der Waals surface area contributed by atoms with Gasteiger partial charge in [0, 0.05) is 11.1 Å². The van der Waals surface area contributed by atoms with Gasteiger partial charge in [0.15, 0.2) is 0 Å². The van der Waals surface area contributed by atoms with Gasteiger partial charge in [-0.15, -0.1) is 0 Å². The lowest BCUT2D eigenvalue weighted by Gasteiger charge is -2.28. The van der Waals surface area contributed by atoms with Crippen LogP contribution in [0.3, 0.4) is 0 Å². The van der Waals surface area contributed by atoms with Gasteiger partial charge in [-0.3, -0.25) is 0 Å². The first-order chi connectivity index (χ1) is 11.1. The molecule has 0 heterocycles. The minimum Gasteiger partial charge on any atom is -0.480 e. The van der Waals surface area contributed by atoms with Crippen molar-refractivity contribution in [1.82, 2.24) is 0 Å². The van der Waals surface area contributed by atoms with Crippen LogP contribution in [0.4, 0.5) is 14.5 Å². The Kier molecular flexibility index (Phi) is 5.10. The Labute approximate surface area is 142 Å². The van der Waals surface area contributed by atoms with Gasteiger partial charge in [-0.25, -0.2) is 26.3 Å². The maximum Gasteiger partial charge on any atom is 0.327 e. The van der Waals surface area contributed by atoms with E-state index in [-0.39, 0.29) is 9.92 Å². The second-order valence-corrected chi connectivity index (χ2v) is 7.12. The number of sulfonamides is 1. The number of nitrogens with zero attached hydrogens (tertiary/aromatic N) is 1. The third kappa shape index (κ3) is 3.49. The standard InChI is InChI=1S/C15H12ClF2NO4S/c1-9(15(20)21)19(14-7-4-11(17)8-13(14)18)24(22,23)12-5-2-10(16)3-6-12/h2-9H,1H3,(H,20,21). The molecule has 2 aromatic carbocycles. The highest BCUT2D eigenvalue weighted by Crippen LogP contribution is 2.29. The van der Waals surface area contributed by atoms with Crippen molar-refractivity contribution < 1.29 is 27.1 Å². The van der Waals surface area contributed by atoms with Crippen molar-refractivity contribution in [3.63, 3.8) is 0 Å². The Balaban J connectivity index is 2.66. The lowest BCUT2D eigenvalue weighted by atomic mass is 10.2. The molecule has 1 N–H and O–H groups in total. The molecule has 1 atom stereocenters. The number of carboxylic acid groups (broad SMARTS) is 1. The van der Waals surface area contributed by atoms with Crippen molar-refractivity contribution in [2.45, 2.75) is 17.9 Å². The van der Waals surface area contributed by atoms with E-state index in [1.165, 1.54) is 24.3 Å². The predicted octanol–water partition coefficient (Wildman–Crippen LogP) is 3.29. The molecule has 0 aliphatic carbocycles. The van der Waals surface area contributed by atoms with Crippen molar-refractivity contribution in [1.29, 1.82) is 0 Å². The van der Waals surface area contributed by atoms with Crippen LogP contribution in [0.5, 0.6) is 0 Å². The molecule has 5 nitrogen and oxygen atoms in total. The van der Waals surface area contributed by atoms with Crippen LogP contribution in [0.2, 0.25) is 5.02 Å². The fourth-order valence-electron chi connectivity index (χ4n) is 2.03.